The Kier molecular flexibility index (Phi) is 3.54. The van der Waals surface area contributed by atoms with Crippen LogP contribution in [0, 0.1) is 6.92 Å². The molecule has 1 aliphatic rings. The first kappa shape index (κ1) is 11.8. The van der Waals surface area contributed by atoms with Gasteiger partial charge in [0.1, 0.15) is 0 Å². The van der Waals surface area contributed by atoms with Crippen LogP contribution in [-0.4, -0.2) is 36.5 Å². The van der Waals surface area contributed by atoms with Crippen LogP contribution in [0.4, 0.5) is 0 Å². The Balaban J connectivity index is 1.89. The van der Waals surface area contributed by atoms with Crippen LogP contribution in [-0.2, 0) is 20.7 Å². The normalized spacial score (nSPS) is 17.0. The molecule has 17 heavy (non-hydrogen) atoms. The first-order valence-corrected chi connectivity index (χ1v) is 5.65. The molecule has 1 heterocycles. The minimum Gasteiger partial charge on any atom is -0.391 e. The number of hydrogen-bond donors (Lipinski definition) is 0. The molecule has 0 spiro atoms. The van der Waals surface area contributed by atoms with E-state index in [-0.39, 0.29) is 13.1 Å². The van der Waals surface area contributed by atoms with Crippen molar-refractivity contribution in [3.05, 3.63) is 35.4 Å². The molecular weight excluding hydrogens is 218 g/mol. The van der Waals surface area contributed by atoms with Crippen molar-refractivity contribution in [2.24, 2.45) is 0 Å². The van der Waals surface area contributed by atoms with E-state index < -0.39 is 11.9 Å². The second-order valence-electron chi connectivity index (χ2n) is 4.30. The number of nitrogens with zero attached hydrogens (tertiary/aromatic N) is 1. The van der Waals surface area contributed by atoms with Crippen molar-refractivity contribution in [1.82, 2.24) is 4.90 Å². The van der Waals surface area contributed by atoms with Crippen molar-refractivity contribution in [3.63, 3.8) is 0 Å². The van der Waals surface area contributed by atoms with Gasteiger partial charge in [0.2, 0.25) is 0 Å². The van der Waals surface area contributed by atoms with E-state index in [1.807, 2.05) is 24.0 Å². The zero-order chi connectivity index (χ0) is 12.3. The lowest BCUT2D eigenvalue weighted by molar-refractivity contribution is -0.166. The monoisotopic (exact) mass is 233 g/mol. The smallest absolute Gasteiger partial charge is 0.327 e. The molecule has 0 aliphatic carbocycles. The van der Waals surface area contributed by atoms with Gasteiger partial charge < -0.3 is 4.74 Å². The highest BCUT2D eigenvalue weighted by atomic mass is 16.6. The number of cyclic esters (lactones) is 2. The number of rotatable bonds is 3. The Morgan fingerprint density at radius 2 is 1.94 bits per heavy atom. The third-order valence-electron chi connectivity index (χ3n) is 2.73. The minimum atomic E-state index is -0.453. The van der Waals surface area contributed by atoms with Gasteiger partial charge in [-0.1, -0.05) is 29.8 Å². The Morgan fingerprint density at radius 3 is 2.59 bits per heavy atom. The number of aryl methyl sites for hydroxylation is 1. The fourth-order valence-corrected chi connectivity index (χ4v) is 1.93. The van der Waals surface area contributed by atoms with Crippen LogP contribution in [0.1, 0.15) is 11.1 Å². The van der Waals surface area contributed by atoms with Gasteiger partial charge in [-0.05, 0) is 18.9 Å². The zero-order valence-corrected chi connectivity index (χ0v) is 9.81. The summed E-state index contributed by atoms with van der Waals surface area (Å²) in [5.41, 5.74) is 2.44. The summed E-state index contributed by atoms with van der Waals surface area (Å²) >= 11 is 0. The third-order valence-corrected chi connectivity index (χ3v) is 2.73. The molecule has 1 aliphatic heterocycles. The van der Waals surface area contributed by atoms with Crippen LogP contribution in [0.25, 0.3) is 0 Å². The summed E-state index contributed by atoms with van der Waals surface area (Å²) in [4.78, 5) is 23.9. The number of morpholine rings is 1. The number of carbonyl (C=O) groups is 2. The lowest BCUT2D eigenvalue weighted by Crippen LogP contribution is -2.43. The lowest BCUT2D eigenvalue weighted by Gasteiger charge is -2.23. The van der Waals surface area contributed by atoms with E-state index in [0.29, 0.717) is 6.54 Å². The first-order chi connectivity index (χ1) is 8.13. The highest BCUT2D eigenvalue weighted by Gasteiger charge is 2.24. The molecule has 0 atom stereocenters. The number of benzene rings is 1. The first-order valence-electron chi connectivity index (χ1n) is 5.65. The molecule has 0 N–H and O–H groups in total. The maximum atomic E-state index is 11.1. The summed E-state index contributed by atoms with van der Waals surface area (Å²) < 4.78 is 4.47. The number of esters is 2. The molecule has 0 aromatic heterocycles. The van der Waals surface area contributed by atoms with Crippen molar-refractivity contribution >= 4 is 11.9 Å². The summed E-state index contributed by atoms with van der Waals surface area (Å²) in [5, 5.41) is 0. The average molecular weight is 233 g/mol. The Hall–Kier alpha value is -1.68. The SMILES string of the molecule is Cc1cccc(CCN2CC(=O)OC(=O)C2)c1. The van der Waals surface area contributed by atoms with E-state index in [2.05, 4.69) is 16.9 Å². The fourth-order valence-electron chi connectivity index (χ4n) is 1.93. The highest BCUT2D eigenvalue weighted by molar-refractivity contribution is 5.90. The topological polar surface area (TPSA) is 46.6 Å². The van der Waals surface area contributed by atoms with Gasteiger partial charge in [0, 0.05) is 6.54 Å². The molecule has 0 saturated carbocycles. The van der Waals surface area contributed by atoms with E-state index in [9.17, 15) is 9.59 Å². The van der Waals surface area contributed by atoms with Crippen LogP contribution in [0.3, 0.4) is 0 Å². The van der Waals surface area contributed by atoms with Crippen LogP contribution in [0.15, 0.2) is 24.3 Å². The van der Waals surface area contributed by atoms with Crippen molar-refractivity contribution in [2.75, 3.05) is 19.6 Å². The summed E-state index contributed by atoms with van der Waals surface area (Å²) in [7, 11) is 0. The molecule has 4 nitrogen and oxygen atoms in total. The summed E-state index contributed by atoms with van der Waals surface area (Å²) in [6, 6.07) is 8.23. The van der Waals surface area contributed by atoms with E-state index >= 15 is 0 Å². The summed E-state index contributed by atoms with van der Waals surface area (Å²) in [5.74, 6) is -0.906. The summed E-state index contributed by atoms with van der Waals surface area (Å²) in [6.07, 6.45) is 0.836. The second kappa shape index (κ2) is 5.10. The maximum Gasteiger partial charge on any atom is 0.327 e. The molecule has 1 aromatic carbocycles. The van der Waals surface area contributed by atoms with Crippen LogP contribution in [0.5, 0.6) is 0 Å². The Bertz CT molecular complexity index is 426. The van der Waals surface area contributed by atoms with Gasteiger partial charge in [0.15, 0.2) is 0 Å². The zero-order valence-electron chi connectivity index (χ0n) is 9.81. The van der Waals surface area contributed by atoms with Crippen LogP contribution in [0.2, 0.25) is 0 Å². The molecule has 0 bridgehead atoms. The molecule has 2 rings (SSSR count). The molecule has 1 fully saturated rings. The van der Waals surface area contributed by atoms with Gasteiger partial charge in [-0.25, -0.2) is 0 Å². The van der Waals surface area contributed by atoms with Crippen LogP contribution < -0.4 is 0 Å². The molecule has 0 amide bonds. The molecule has 1 aromatic rings. The summed E-state index contributed by atoms with van der Waals surface area (Å²) in [6.45, 7) is 3.16. The standard InChI is InChI=1S/C13H15NO3/c1-10-3-2-4-11(7-10)5-6-14-8-12(15)17-13(16)9-14/h2-4,7H,5-6,8-9H2,1H3. The lowest BCUT2D eigenvalue weighted by atomic mass is 10.1. The van der Waals surface area contributed by atoms with E-state index in [1.165, 1.54) is 11.1 Å². The van der Waals surface area contributed by atoms with Crippen molar-refractivity contribution in [1.29, 1.82) is 0 Å². The van der Waals surface area contributed by atoms with Gasteiger partial charge in [-0.3, -0.25) is 14.5 Å². The molecular formula is C13H15NO3. The molecule has 4 heteroatoms. The number of carbonyl (C=O) groups excluding carboxylic acids is 2. The quantitative estimate of drug-likeness (QED) is 0.575. The van der Waals surface area contributed by atoms with E-state index in [0.717, 1.165) is 6.42 Å². The maximum absolute atomic E-state index is 11.1. The third kappa shape index (κ3) is 3.39. The van der Waals surface area contributed by atoms with Crippen molar-refractivity contribution in [3.8, 4) is 0 Å². The van der Waals surface area contributed by atoms with Crippen molar-refractivity contribution in [2.45, 2.75) is 13.3 Å². The molecule has 1 saturated heterocycles. The molecule has 0 unspecified atom stereocenters. The van der Waals surface area contributed by atoms with Gasteiger partial charge in [-0.15, -0.1) is 0 Å². The van der Waals surface area contributed by atoms with Gasteiger partial charge in [0.25, 0.3) is 0 Å². The number of hydrogen-bond acceptors (Lipinski definition) is 4. The predicted molar refractivity (Wildman–Crippen MR) is 62.4 cm³/mol. The number of ether oxygens (including phenoxy) is 1. The van der Waals surface area contributed by atoms with Gasteiger partial charge in [-0.2, -0.15) is 0 Å². The predicted octanol–water partition coefficient (Wildman–Crippen LogP) is 0.923. The average Bonchev–Trinajstić information content (AvgIpc) is 2.25. The van der Waals surface area contributed by atoms with E-state index in [1.54, 1.807) is 0 Å². The highest BCUT2D eigenvalue weighted by Crippen LogP contribution is 2.07. The Labute approximate surface area is 100 Å². The molecule has 0 radical (unpaired) electrons. The minimum absolute atomic E-state index is 0.206. The van der Waals surface area contributed by atoms with Gasteiger partial charge >= 0.3 is 11.9 Å². The Morgan fingerprint density at radius 1 is 1.24 bits per heavy atom. The van der Waals surface area contributed by atoms with Crippen LogP contribution >= 0.6 is 0 Å². The molecule has 90 valence electrons. The van der Waals surface area contributed by atoms with Crippen molar-refractivity contribution < 1.29 is 14.3 Å². The van der Waals surface area contributed by atoms with Gasteiger partial charge in [0.05, 0.1) is 13.1 Å². The fraction of sp³-hybridized carbons (Fsp3) is 0.385. The van der Waals surface area contributed by atoms with E-state index in [4.69, 9.17) is 0 Å². The largest absolute Gasteiger partial charge is 0.391 e. The second-order valence-corrected chi connectivity index (χ2v) is 4.30.